The Morgan fingerprint density at radius 3 is 2.00 bits per heavy atom. The zero-order valence-electron chi connectivity index (χ0n) is 15.7. The molecule has 0 amide bonds. The minimum atomic E-state index is -3.67. The van der Waals surface area contributed by atoms with Crippen molar-refractivity contribution in [3.63, 3.8) is 0 Å². The summed E-state index contributed by atoms with van der Waals surface area (Å²) in [6.07, 6.45) is 1.72. The predicted molar refractivity (Wildman–Crippen MR) is 102 cm³/mol. The average Bonchev–Trinajstić information content (AvgIpc) is 3.17. The minimum Gasteiger partial charge on any atom is -0.300 e. The molecule has 1 saturated heterocycles. The summed E-state index contributed by atoms with van der Waals surface area (Å²) < 4.78 is 54.0. The van der Waals surface area contributed by atoms with Crippen LogP contribution in [0.4, 0.5) is 0 Å². The fourth-order valence-electron chi connectivity index (χ4n) is 3.16. The van der Waals surface area contributed by atoms with E-state index < -0.39 is 20.0 Å². The fraction of sp³-hybridized carbons (Fsp3) is 0.647. The second-order valence-electron chi connectivity index (χ2n) is 6.50. The van der Waals surface area contributed by atoms with Crippen molar-refractivity contribution < 1.29 is 16.8 Å². The van der Waals surface area contributed by atoms with Crippen molar-refractivity contribution in [1.82, 2.24) is 13.9 Å². The molecule has 0 spiro atoms. The monoisotopic (exact) mass is 403 g/mol. The van der Waals surface area contributed by atoms with E-state index in [1.54, 1.807) is 0 Å². The van der Waals surface area contributed by atoms with Crippen molar-refractivity contribution >= 4 is 20.0 Å². The van der Waals surface area contributed by atoms with Gasteiger partial charge in [-0.1, -0.05) is 13.8 Å². The second kappa shape index (κ2) is 8.79. The Kier molecular flexibility index (Phi) is 7.20. The molecular weight excluding hydrogens is 374 g/mol. The van der Waals surface area contributed by atoms with Gasteiger partial charge in [-0.05, 0) is 57.1 Å². The van der Waals surface area contributed by atoms with E-state index in [2.05, 4.69) is 9.62 Å². The van der Waals surface area contributed by atoms with E-state index in [4.69, 9.17) is 0 Å². The molecular formula is C17H29N3O4S2. The summed E-state index contributed by atoms with van der Waals surface area (Å²) in [5.74, 6) is 0. The van der Waals surface area contributed by atoms with E-state index >= 15 is 0 Å². The topological polar surface area (TPSA) is 86.8 Å². The number of hydrogen-bond donors (Lipinski definition) is 1. The Bertz CT molecular complexity index is 782. The van der Waals surface area contributed by atoms with Gasteiger partial charge in [-0.3, -0.25) is 4.90 Å². The van der Waals surface area contributed by atoms with Gasteiger partial charge in [0.2, 0.25) is 20.0 Å². The van der Waals surface area contributed by atoms with Crippen LogP contribution >= 0.6 is 0 Å². The van der Waals surface area contributed by atoms with Gasteiger partial charge in [0.15, 0.2) is 0 Å². The van der Waals surface area contributed by atoms with Gasteiger partial charge in [0.05, 0.1) is 9.79 Å². The number of hydrogen-bond acceptors (Lipinski definition) is 5. The summed E-state index contributed by atoms with van der Waals surface area (Å²) in [4.78, 5) is 2.37. The van der Waals surface area contributed by atoms with E-state index in [0.717, 1.165) is 25.9 Å². The van der Waals surface area contributed by atoms with Gasteiger partial charge >= 0.3 is 0 Å². The van der Waals surface area contributed by atoms with Crippen molar-refractivity contribution in [2.24, 2.45) is 0 Å². The molecule has 1 aromatic carbocycles. The maximum Gasteiger partial charge on any atom is 0.243 e. The summed E-state index contributed by atoms with van der Waals surface area (Å²) >= 11 is 0. The van der Waals surface area contributed by atoms with Gasteiger partial charge in [0.25, 0.3) is 0 Å². The van der Waals surface area contributed by atoms with Crippen molar-refractivity contribution in [1.29, 1.82) is 0 Å². The van der Waals surface area contributed by atoms with E-state index in [1.807, 2.05) is 20.8 Å². The van der Waals surface area contributed by atoms with Crippen LogP contribution in [0.3, 0.4) is 0 Å². The van der Waals surface area contributed by atoms with Crippen molar-refractivity contribution in [3.8, 4) is 0 Å². The van der Waals surface area contributed by atoms with Gasteiger partial charge in [0, 0.05) is 25.7 Å². The Labute approximate surface area is 157 Å². The number of nitrogens with one attached hydrogen (secondary N) is 1. The maximum atomic E-state index is 12.5. The van der Waals surface area contributed by atoms with Crippen LogP contribution in [-0.4, -0.2) is 64.8 Å². The van der Waals surface area contributed by atoms with Crippen LogP contribution in [0, 0.1) is 0 Å². The molecule has 26 heavy (non-hydrogen) atoms. The molecule has 0 aromatic heterocycles. The third-order valence-corrected chi connectivity index (χ3v) is 8.19. The zero-order chi connectivity index (χ0) is 19.4. The number of nitrogens with zero attached hydrogens (tertiary/aromatic N) is 2. The van der Waals surface area contributed by atoms with E-state index in [9.17, 15) is 16.8 Å². The van der Waals surface area contributed by atoms with E-state index in [1.165, 1.54) is 28.6 Å². The van der Waals surface area contributed by atoms with Gasteiger partial charge in [-0.2, -0.15) is 4.31 Å². The van der Waals surface area contributed by atoms with E-state index in [-0.39, 0.29) is 15.8 Å². The lowest BCUT2D eigenvalue weighted by molar-refractivity contribution is 0.232. The third kappa shape index (κ3) is 4.83. The Morgan fingerprint density at radius 2 is 1.50 bits per heavy atom. The van der Waals surface area contributed by atoms with Crippen LogP contribution < -0.4 is 4.72 Å². The largest absolute Gasteiger partial charge is 0.300 e. The molecule has 7 nitrogen and oxygen atoms in total. The summed E-state index contributed by atoms with van der Waals surface area (Å²) in [7, 11) is -7.20. The van der Waals surface area contributed by atoms with Gasteiger partial charge in [-0.25, -0.2) is 21.6 Å². The normalized spacial score (nSPS) is 17.7. The van der Waals surface area contributed by atoms with Crippen LogP contribution in [0.25, 0.3) is 0 Å². The van der Waals surface area contributed by atoms with Crippen molar-refractivity contribution in [2.75, 3.05) is 32.7 Å². The van der Waals surface area contributed by atoms with Gasteiger partial charge < -0.3 is 0 Å². The summed E-state index contributed by atoms with van der Waals surface area (Å²) in [6.45, 7) is 9.09. The van der Waals surface area contributed by atoms with Crippen LogP contribution in [0.15, 0.2) is 34.1 Å². The first-order valence-corrected chi connectivity index (χ1v) is 12.0. The number of rotatable bonds is 9. The molecule has 0 saturated carbocycles. The van der Waals surface area contributed by atoms with Crippen molar-refractivity contribution in [2.45, 2.75) is 49.4 Å². The molecule has 0 aliphatic carbocycles. The highest BCUT2D eigenvalue weighted by Gasteiger charge is 2.27. The number of sulfonamides is 2. The Morgan fingerprint density at radius 1 is 1.00 bits per heavy atom. The average molecular weight is 404 g/mol. The standard InChI is InChI=1S/C17H29N3O4S2/c1-4-19(5-2)15(3)14-18-25(21,22)16-8-10-17(11-9-16)26(23,24)20-12-6-7-13-20/h8-11,15,18H,4-7,12-14H2,1-3H3. The molecule has 1 unspecified atom stereocenters. The van der Waals surface area contributed by atoms with Gasteiger partial charge in [0.1, 0.15) is 0 Å². The first-order valence-electron chi connectivity index (χ1n) is 9.06. The van der Waals surface area contributed by atoms with Crippen LogP contribution in [-0.2, 0) is 20.0 Å². The maximum absolute atomic E-state index is 12.5. The number of benzene rings is 1. The molecule has 0 bridgehead atoms. The molecule has 9 heteroatoms. The number of likely N-dealkylation sites (N-methyl/N-ethyl adjacent to an activating group) is 1. The lowest BCUT2D eigenvalue weighted by Gasteiger charge is -2.26. The molecule has 1 aliphatic heterocycles. The predicted octanol–water partition coefficient (Wildman–Crippen LogP) is 1.48. The van der Waals surface area contributed by atoms with E-state index in [0.29, 0.717) is 19.6 Å². The lowest BCUT2D eigenvalue weighted by Crippen LogP contribution is -2.41. The smallest absolute Gasteiger partial charge is 0.243 e. The van der Waals surface area contributed by atoms with Crippen LogP contribution in [0.5, 0.6) is 0 Å². The fourth-order valence-corrected chi connectivity index (χ4v) is 5.80. The Balaban J connectivity index is 2.09. The highest BCUT2D eigenvalue weighted by molar-refractivity contribution is 7.89. The summed E-state index contributed by atoms with van der Waals surface area (Å²) in [6, 6.07) is 5.53. The van der Waals surface area contributed by atoms with Gasteiger partial charge in [-0.15, -0.1) is 0 Å². The van der Waals surface area contributed by atoms with Crippen molar-refractivity contribution in [3.05, 3.63) is 24.3 Å². The summed E-state index contributed by atoms with van der Waals surface area (Å²) in [5.41, 5.74) is 0. The highest BCUT2D eigenvalue weighted by atomic mass is 32.2. The summed E-state index contributed by atoms with van der Waals surface area (Å²) in [5, 5.41) is 0. The molecule has 1 fully saturated rings. The third-order valence-electron chi connectivity index (χ3n) is 4.84. The quantitative estimate of drug-likeness (QED) is 0.675. The molecule has 1 N–H and O–H groups in total. The minimum absolute atomic E-state index is 0.0737. The van der Waals surface area contributed by atoms with Crippen LogP contribution in [0.1, 0.15) is 33.6 Å². The molecule has 0 radical (unpaired) electrons. The molecule has 1 heterocycles. The Hall–Kier alpha value is -1.00. The molecule has 2 rings (SSSR count). The highest BCUT2D eigenvalue weighted by Crippen LogP contribution is 2.22. The molecule has 1 atom stereocenters. The zero-order valence-corrected chi connectivity index (χ0v) is 17.3. The molecule has 1 aromatic rings. The molecule has 1 aliphatic rings. The SMILES string of the molecule is CCN(CC)C(C)CNS(=O)(=O)c1ccc(S(=O)(=O)N2CCCC2)cc1. The molecule has 148 valence electrons. The first kappa shape index (κ1) is 21.3. The second-order valence-corrected chi connectivity index (χ2v) is 10.2. The first-order chi connectivity index (χ1) is 12.2. The lowest BCUT2D eigenvalue weighted by atomic mass is 10.3. The van der Waals surface area contributed by atoms with Crippen LogP contribution in [0.2, 0.25) is 0 Å².